The molecule has 4 heteroatoms. The van der Waals surface area contributed by atoms with Crippen LogP contribution in [0.4, 0.5) is 0 Å². The van der Waals surface area contributed by atoms with Crippen LogP contribution in [-0.4, -0.2) is 28.6 Å². The van der Waals surface area contributed by atoms with E-state index in [2.05, 4.69) is 10.3 Å². The Labute approximate surface area is 118 Å². The van der Waals surface area contributed by atoms with E-state index < -0.39 is 0 Å². The van der Waals surface area contributed by atoms with Crippen LogP contribution in [0, 0.1) is 5.92 Å². The van der Waals surface area contributed by atoms with E-state index in [9.17, 15) is 4.79 Å². The zero-order chi connectivity index (χ0) is 14.5. The number of hydrogen-bond donors (Lipinski definition) is 2. The predicted octanol–water partition coefficient (Wildman–Crippen LogP) is 2.37. The monoisotopic (exact) mass is 272 g/mol. The Kier molecular flexibility index (Phi) is 4.69. The van der Waals surface area contributed by atoms with Crippen molar-refractivity contribution in [1.82, 2.24) is 10.3 Å². The maximum absolute atomic E-state index is 12.4. The van der Waals surface area contributed by atoms with Crippen LogP contribution in [0.3, 0.4) is 0 Å². The molecule has 2 N–H and O–H groups in total. The van der Waals surface area contributed by atoms with Crippen molar-refractivity contribution in [1.29, 1.82) is 0 Å². The van der Waals surface area contributed by atoms with Gasteiger partial charge in [0.1, 0.15) is 0 Å². The third-order valence-electron chi connectivity index (χ3n) is 3.44. The number of benzene rings is 1. The van der Waals surface area contributed by atoms with Crippen LogP contribution in [-0.2, 0) is 0 Å². The lowest BCUT2D eigenvalue weighted by Gasteiger charge is -2.21. The first kappa shape index (κ1) is 14.5. The summed E-state index contributed by atoms with van der Waals surface area (Å²) in [6.07, 6.45) is 2.24. The fraction of sp³-hybridized carbons (Fsp3) is 0.375. The molecular formula is C16H20N2O2. The Morgan fingerprint density at radius 1 is 1.30 bits per heavy atom. The Balaban J connectivity index is 2.27. The SMILES string of the molecule is CC(C)C(CCO)NC(=O)c1cccc2cccnc12. The van der Waals surface area contributed by atoms with E-state index in [4.69, 9.17) is 5.11 Å². The van der Waals surface area contributed by atoms with Crippen LogP contribution in [0.2, 0.25) is 0 Å². The number of aliphatic hydroxyl groups excluding tert-OH is 1. The molecule has 0 aliphatic heterocycles. The molecule has 2 rings (SSSR count). The molecule has 0 saturated heterocycles. The number of nitrogens with one attached hydrogen (secondary N) is 1. The molecular weight excluding hydrogens is 252 g/mol. The van der Waals surface area contributed by atoms with Crippen LogP contribution in [0.5, 0.6) is 0 Å². The van der Waals surface area contributed by atoms with Gasteiger partial charge in [-0.2, -0.15) is 0 Å². The fourth-order valence-corrected chi connectivity index (χ4v) is 2.24. The molecule has 0 aliphatic carbocycles. The number of pyridine rings is 1. The summed E-state index contributed by atoms with van der Waals surface area (Å²) in [4.78, 5) is 16.7. The first-order valence-corrected chi connectivity index (χ1v) is 6.89. The van der Waals surface area contributed by atoms with Crippen molar-refractivity contribution in [2.24, 2.45) is 5.92 Å². The standard InChI is InChI=1S/C16H20N2O2/c1-11(2)14(8-10-19)18-16(20)13-7-3-5-12-6-4-9-17-15(12)13/h3-7,9,11,14,19H,8,10H2,1-2H3,(H,18,20). The number of nitrogens with zero attached hydrogens (tertiary/aromatic N) is 1. The summed E-state index contributed by atoms with van der Waals surface area (Å²) in [5.74, 6) is 0.135. The predicted molar refractivity (Wildman–Crippen MR) is 79.5 cm³/mol. The van der Waals surface area contributed by atoms with Crippen molar-refractivity contribution in [3.63, 3.8) is 0 Å². The van der Waals surface area contributed by atoms with Crippen molar-refractivity contribution in [2.75, 3.05) is 6.61 Å². The van der Waals surface area contributed by atoms with Crippen molar-refractivity contribution < 1.29 is 9.90 Å². The molecule has 0 saturated carbocycles. The highest BCUT2D eigenvalue weighted by molar-refractivity contribution is 6.05. The summed E-state index contributed by atoms with van der Waals surface area (Å²) in [7, 11) is 0. The third-order valence-corrected chi connectivity index (χ3v) is 3.44. The lowest BCUT2D eigenvalue weighted by atomic mass is 10.0. The number of rotatable bonds is 5. The lowest BCUT2D eigenvalue weighted by molar-refractivity contribution is 0.0918. The molecule has 1 aromatic heterocycles. The number of amides is 1. The molecule has 106 valence electrons. The third kappa shape index (κ3) is 3.14. The second kappa shape index (κ2) is 6.48. The summed E-state index contributed by atoms with van der Waals surface area (Å²) in [6, 6.07) is 9.33. The van der Waals surface area contributed by atoms with E-state index in [0.29, 0.717) is 17.5 Å². The highest BCUT2D eigenvalue weighted by Crippen LogP contribution is 2.16. The van der Waals surface area contributed by atoms with Gasteiger partial charge in [-0.3, -0.25) is 9.78 Å². The summed E-state index contributed by atoms with van der Waals surface area (Å²) in [6.45, 7) is 4.13. The number of aliphatic hydroxyl groups is 1. The van der Waals surface area contributed by atoms with Crippen molar-refractivity contribution in [3.05, 3.63) is 42.1 Å². The first-order chi connectivity index (χ1) is 9.63. The number of carbonyl (C=O) groups is 1. The van der Waals surface area contributed by atoms with E-state index in [0.717, 1.165) is 5.39 Å². The molecule has 0 bridgehead atoms. The number of aromatic nitrogens is 1. The minimum atomic E-state index is -0.138. The molecule has 0 fully saturated rings. The molecule has 1 aromatic carbocycles. The number of fused-ring (bicyclic) bond motifs is 1. The first-order valence-electron chi connectivity index (χ1n) is 6.89. The van der Waals surface area contributed by atoms with Gasteiger partial charge in [-0.1, -0.05) is 32.0 Å². The Hall–Kier alpha value is -1.94. The van der Waals surface area contributed by atoms with Crippen molar-refractivity contribution in [3.8, 4) is 0 Å². The minimum absolute atomic E-state index is 0.0357. The molecule has 2 aromatic rings. The minimum Gasteiger partial charge on any atom is -0.396 e. The number of hydrogen-bond acceptors (Lipinski definition) is 3. The molecule has 20 heavy (non-hydrogen) atoms. The average molecular weight is 272 g/mol. The van der Waals surface area contributed by atoms with Gasteiger partial charge in [-0.25, -0.2) is 0 Å². The Morgan fingerprint density at radius 2 is 2.05 bits per heavy atom. The summed E-state index contributed by atoms with van der Waals surface area (Å²) >= 11 is 0. The van der Waals surface area contributed by atoms with Crippen LogP contribution >= 0.6 is 0 Å². The zero-order valence-corrected chi connectivity index (χ0v) is 11.8. The van der Waals surface area contributed by atoms with Crippen LogP contribution < -0.4 is 5.32 Å². The van der Waals surface area contributed by atoms with Crippen molar-refractivity contribution >= 4 is 16.8 Å². The average Bonchev–Trinajstić information content (AvgIpc) is 2.46. The van der Waals surface area contributed by atoms with E-state index in [1.807, 2.05) is 38.1 Å². The molecule has 1 unspecified atom stereocenters. The lowest BCUT2D eigenvalue weighted by Crippen LogP contribution is -2.39. The molecule has 1 amide bonds. The Morgan fingerprint density at radius 3 is 2.75 bits per heavy atom. The van der Waals surface area contributed by atoms with Gasteiger partial charge in [0, 0.05) is 24.2 Å². The second-order valence-corrected chi connectivity index (χ2v) is 5.22. The largest absolute Gasteiger partial charge is 0.396 e. The second-order valence-electron chi connectivity index (χ2n) is 5.22. The normalized spacial score (nSPS) is 12.6. The van der Waals surface area contributed by atoms with Gasteiger partial charge < -0.3 is 10.4 Å². The van der Waals surface area contributed by atoms with Gasteiger partial charge in [-0.05, 0) is 24.5 Å². The maximum atomic E-state index is 12.4. The molecule has 1 heterocycles. The zero-order valence-electron chi connectivity index (χ0n) is 11.8. The molecule has 0 radical (unpaired) electrons. The molecule has 0 aliphatic rings. The highest BCUT2D eigenvalue weighted by atomic mass is 16.3. The fourth-order valence-electron chi connectivity index (χ4n) is 2.24. The molecule has 0 spiro atoms. The summed E-state index contributed by atoms with van der Waals surface area (Å²) in [5.41, 5.74) is 1.28. The smallest absolute Gasteiger partial charge is 0.253 e. The van der Waals surface area contributed by atoms with Gasteiger partial charge >= 0.3 is 0 Å². The quantitative estimate of drug-likeness (QED) is 0.878. The summed E-state index contributed by atoms with van der Waals surface area (Å²) < 4.78 is 0. The van der Waals surface area contributed by atoms with E-state index in [1.54, 1.807) is 12.3 Å². The number of para-hydroxylation sites is 1. The van der Waals surface area contributed by atoms with Gasteiger partial charge in [0.15, 0.2) is 0 Å². The highest BCUT2D eigenvalue weighted by Gasteiger charge is 2.18. The van der Waals surface area contributed by atoms with Crippen LogP contribution in [0.25, 0.3) is 10.9 Å². The number of carbonyl (C=O) groups excluding carboxylic acids is 1. The van der Waals surface area contributed by atoms with Crippen LogP contribution in [0.15, 0.2) is 36.5 Å². The summed E-state index contributed by atoms with van der Waals surface area (Å²) in [5, 5.41) is 13.0. The van der Waals surface area contributed by atoms with Gasteiger partial charge in [0.25, 0.3) is 5.91 Å². The van der Waals surface area contributed by atoms with E-state index >= 15 is 0 Å². The topological polar surface area (TPSA) is 62.2 Å². The molecule has 1 atom stereocenters. The van der Waals surface area contributed by atoms with Crippen molar-refractivity contribution in [2.45, 2.75) is 26.3 Å². The van der Waals surface area contributed by atoms with E-state index in [-0.39, 0.29) is 24.5 Å². The van der Waals surface area contributed by atoms with Gasteiger partial charge in [0.05, 0.1) is 11.1 Å². The van der Waals surface area contributed by atoms with Gasteiger partial charge in [-0.15, -0.1) is 0 Å². The maximum Gasteiger partial charge on any atom is 0.253 e. The van der Waals surface area contributed by atoms with E-state index in [1.165, 1.54) is 0 Å². The van der Waals surface area contributed by atoms with Crippen LogP contribution in [0.1, 0.15) is 30.6 Å². The Bertz CT molecular complexity index is 591. The van der Waals surface area contributed by atoms with Gasteiger partial charge in [0.2, 0.25) is 0 Å². The molecule has 4 nitrogen and oxygen atoms in total.